The van der Waals surface area contributed by atoms with E-state index in [9.17, 15) is 4.39 Å². The molecule has 21 heavy (non-hydrogen) atoms. The molecule has 4 unspecified atom stereocenters. The predicted molar refractivity (Wildman–Crippen MR) is 85.9 cm³/mol. The molecule has 4 atom stereocenters. The molecule has 1 aromatic rings. The van der Waals surface area contributed by atoms with Gasteiger partial charge in [-0.15, -0.1) is 0 Å². The summed E-state index contributed by atoms with van der Waals surface area (Å²) in [4.78, 5) is 0. The number of halogens is 2. The summed E-state index contributed by atoms with van der Waals surface area (Å²) in [6.45, 7) is 3.19. The third kappa shape index (κ3) is 3.33. The van der Waals surface area contributed by atoms with Crippen LogP contribution in [0.3, 0.4) is 0 Å². The summed E-state index contributed by atoms with van der Waals surface area (Å²) in [5, 5.41) is 3.67. The Hall–Kier alpha value is -0.450. The summed E-state index contributed by atoms with van der Waals surface area (Å²) in [5.41, 5.74) is 1.05. The molecule has 116 valence electrons. The van der Waals surface area contributed by atoms with Crippen molar-refractivity contribution in [2.45, 2.75) is 57.3 Å². The predicted octanol–water partition coefficient (Wildman–Crippen LogP) is 4.07. The summed E-state index contributed by atoms with van der Waals surface area (Å²) >= 11 is 3.39. The van der Waals surface area contributed by atoms with Crippen molar-refractivity contribution in [3.63, 3.8) is 0 Å². The molecule has 2 fully saturated rings. The van der Waals surface area contributed by atoms with Gasteiger partial charge in [-0.25, -0.2) is 4.39 Å². The van der Waals surface area contributed by atoms with E-state index in [1.165, 1.54) is 18.9 Å². The van der Waals surface area contributed by atoms with Crippen LogP contribution in [-0.2, 0) is 11.2 Å². The zero-order valence-electron chi connectivity index (χ0n) is 12.4. The van der Waals surface area contributed by atoms with Crippen LogP contribution in [0.25, 0.3) is 0 Å². The van der Waals surface area contributed by atoms with E-state index in [0.717, 1.165) is 31.4 Å². The lowest BCUT2D eigenvalue weighted by Gasteiger charge is -2.30. The molecule has 2 aliphatic heterocycles. The summed E-state index contributed by atoms with van der Waals surface area (Å²) < 4.78 is 20.3. The summed E-state index contributed by atoms with van der Waals surface area (Å²) in [6, 6.07) is 5.69. The zero-order chi connectivity index (χ0) is 14.8. The lowest BCUT2D eigenvalue weighted by Crippen LogP contribution is -2.42. The van der Waals surface area contributed by atoms with Crippen molar-refractivity contribution in [1.29, 1.82) is 0 Å². The van der Waals surface area contributed by atoms with E-state index in [1.54, 1.807) is 6.07 Å². The van der Waals surface area contributed by atoms with Gasteiger partial charge >= 0.3 is 0 Å². The number of hydrogen-bond acceptors (Lipinski definition) is 2. The van der Waals surface area contributed by atoms with Crippen molar-refractivity contribution < 1.29 is 9.13 Å². The van der Waals surface area contributed by atoms with Crippen molar-refractivity contribution >= 4 is 15.9 Å². The van der Waals surface area contributed by atoms with Gasteiger partial charge in [0.1, 0.15) is 5.82 Å². The summed E-state index contributed by atoms with van der Waals surface area (Å²) in [7, 11) is 0. The van der Waals surface area contributed by atoms with Gasteiger partial charge in [-0.3, -0.25) is 0 Å². The quantitative estimate of drug-likeness (QED) is 0.830. The van der Waals surface area contributed by atoms with Crippen molar-refractivity contribution in [2.24, 2.45) is 5.92 Å². The minimum absolute atomic E-state index is 0.175. The second-order valence-electron chi connectivity index (χ2n) is 6.25. The third-order valence-electron chi connectivity index (χ3n) is 4.80. The average molecular weight is 356 g/mol. The maximum absolute atomic E-state index is 13.7. The fraction of sp³-hybridized carbons (Fsp3) is 0.647. The van der Waals surface area contributed by atoms with E-state index >= 15 is 0 Å². The summed E-state index contributed by atoms with van der Waals surface area (Å²) in [5.74, 6) is 0.386. The van der Waals surface area contributed by atoms with Crippen LogP contribution in [0, 0.1) is 11.7 Å². The Bertz CT molecular complexity index is 496. The Kier molecular flexibility index (Phi) is 4.97. The van der Waals surface area contributed by atoms with Gasteiger partial charge in [-0.05, 0) is 66.2 Å². The minimum Gasteiger partial charge on any atom is -0.375 e. The molecular formula is C17H23BrFNO. The second-order valence-corrected chi connectivity index (χ2v) is 7.04. The number of nitrogens with one attached hydrogen (secondary N) is 1. The highest BCUT2D eigenvalue weighted by molar-refractivity contribution is 9.10. The largest absolute Gasteiger partial charge is 0.375 e. The first-order valence-corrected chi connectivity index (χ1v) is 8.80. The molecule has 0 amide bonds. The fourth-order valence-electron chi connectivity index (χ4n) is 3.75. The highest BCUT2D eigenvalue weighted by Gasteiger charge is 2.44. The van der Waals surface area contributed by atoms with Crippen LogP contribution in [0.4, 0.5) is 4.39 Å². The van der Waals surface area contributed by atoms with Crippen LogP contribution in [-0.4, -0.2) is 24.8 Å². The van der Waals surface area contributed by atoms with Crippen molar-refractivity contribution in [2.75, 3.05) is 6.54 Å². The number of benzene rings is 1. The van der Waals surface area contributed by atoms with E-state index < -0.39 is 0 Å². The molecule has 4 heteroatoms. The molecule has 2 bridgehead atoms. The second kappa shape index (κ2) is 6.76. The average Bonchev–Trinajstić information content (AvgIpc) is 3.10. The highest BCUT2D eigenvalue weighted by atomic mass is 79.9. The molecule has 0 saturated carbocycles. The smallest absolute Gasteiger partial charge is 0.137 e. The van der Waals surface area contributed by atoms with Crippen LogP contribution in [0.1, 0.15) is 38.2 Å². The van der Waals surface area contributed by atoms with Gasteiger partial charge in [-0.2, -0.15) is 0 Å². The van der Waals surface area contributed by atoms with Crippen LogP contribution >= 0.6 is 15.9 Å². The SMILES string of the molecule is CCCNC(Cc1cccc(F)c1Br)C1CC2CCC1O2. The zero-order valence-corrected chi connectivity index (χ0v) is 14.0. The van der Waals surface area contributed by atoms with Crippen LogP contribution in [0.15, 0.2) is 22.7 Å². The Morgan fingerprint density at radius 3 is 2.95 bits per heavy atom. The molecule has 0 spiro atoms. The van der Waals surface area contributed by atoms with Crippen molar-refractivity contribution in [3.05, 3.63) is 34.1 Å². The van der Waals surface area contributed by atoms with Gasteiger partial charge in [0.15, 0.2) is 0 Å². The maximum Gasteiger partial charge on any atom is 0.137 e. The molecule has 2 heterocycles. The molecule has 2 nitrogen and oxygen atoms in total. The normalized spacial score (nSPS) is 29.0. The standard InChI is InChI=1S/C17H23BrFNO/c1-2-8-20-15(13-10-12-6-7-16(13)21-12)9-11-4-3-5-14(19)17(11)18/h3-5,12-13,15-16,20H,2,6-10H2,1H3. The first kappa shape index (κ1) is 15.4. The number of ether oxygens (including phenoxy) is 1. The van der Waals surface area contributed by atoms with E-state index in [0.29, 0.717) is 28.6 Å². The molecule has 2 saturated heterocycles. The van der Waals surface area contributed by atoms with Gasteiger partial charge in [0.2, 0.25) is 0 Å². The minimum atomic E-state index is -0.175. The van der Waals surface area contributed by atoms with Crippen molar-refractivity contribution in [1.82, 2.24) is 5.32 Å². The topological polar surface area (TPSA) is 21.3 Å². The van der Waals surface area contributed by atoms with E-state index in [-0.39, 0.29) is 5.82 Å². The Morgan fingerprint density at radius 2 is 2.29 bits per heavy atom. The van der Waals surface area contributed by atoms with Gasteiger partial charge in [0.05, 0.1) is 16.7 Å². The first-order valence-electron chi connectivity index (χ1n) is 8.00. The number of fused-ring (bicyclic) bond motifs is 2. The maximum atomic E-state index is 13.7. The van der Waals surface area contributed by atoms with Crippen LogP contribution in [0.2, 0.25) is 0 Å². The van der Waals surface area contributed by atoms with Gasteiger partial charge in [0, 0.05) is 12.0 Å². The van der Waals surface area contributed by atoms with E-state index in [1.807, 2.05) is 6.07 Å². The molecule has 1 N–H and O–H groups in total. The molecule has 1 aromatic carbocycles. The van der Waals surface area contributed by atoms with Gasteiger partial charge in [-0.1, -0.05) is 19.1 Å². The number of hydrogen-bond donors (Lipinski definition) is 1. The van der Waals surface area contributed by atoms with Crippen LogP contribution < -0.4 is 5.32 Å². The van der Waals surface area contributed by atoms with E-state index in [4.69, 9.17) is 4.74 Å². The Morgan fingerprint density at radius 1 is 1.43 bits per heavy atom. The lowest BCUT2D eigenvalue weighted by atomic mass is 9.81. The lowest BCUT2D eigenvalue weighted by molar-refractivity contribution is 0.0857. The van der Waals surface area contributed by atoms with Gasteiger partial charge in [0.25, 0.3) is 0 Å². The van der Waals surface area contributed by atoms with E-state index in [2.05, 4.69) is 28.2 Å². The Labute approximate surface area is 134 Å². The molecule has 3 rings (SSSR count). The van der Waals surface area contributed by atoms with Crippen LogP contribution in [0.5, 0.6) is 0 Å². The van der Waals surface area contributed by atoms with Gasteiger partial charge < -0.3 is 10.1 Å². The van der Waals surface area contributed by atoms with Crippen molar-refractivity contribution in [3.8, 4) is 0 Å². The molecule has 0 aromatic heterocycles. The number of rotatable bonds is 6. The molecule has 2 aliphatic rings. The fourth-order valence-corrected chi connectivity index (χ4v) is 4.17. The molecule has 0 radical (unpaired) electrons. The Balaban J connectivity index is 1.74. The monoisotopic (exact) mass is 355 g/mol. The first-order chi connectivity index (χ1) is 10.2. The highest BCUT2D eigenvalue weighted by Crippen LogP contribution is 2.41. The molecular weight excluding hydrogens is 333 g/mol. The molecule has 0 aliphatic carbocycles. The summed E-state index contributed by atoms with van der Waals surface area (Å²) in [6.07, 6.45) is 6.38. The third-order valence-corrected chi connectivity index (χ3v) is 5.69.